The van der Waals surface area contributed by atoms with Crippen LogP contribution in [0.4, 0.5) is 0 Å². The first-order valence-corrected chi connectivity index (χ1v) is 10.3. The summed E-state index contributed by atoms with van der Waals surface area (Å²) in [5.41, 5.74) is 12.7. The molecule has 1 heterocycles. The molecule has 0 saturated carbocycles. The number of primary amides is 1. The van der Waals surface area contributed by atoms with Gasteiger partial charge in [-0.25, -0.2) is 5.84 Å². The average molecular weight is 407 g/mol. The Labute approximate surface area is 172 Å². The highest BCUT2D eigenvalue weighted by Crippen LogP contribution is 2.23. The molecule has 0 aromatic heterocycles. The van der Waals surface area contributed by atoms with Gasteiger partial charge in [-0.05, 0) is 55.5 Å². The van der Waals surface area contributed by atoms with Gasteiger partial charge >= 0.3 is 0 Å². The van der Waals surface area contributed by atoms with Crippen molar-refractivity contribution in [3.63, 3.8) is 0 Å². The van der Waals surface area contributed by atoms with E-state index in [0.717, 1.165) is 50.5 Å². The molecule has 0 aliphatic carbocycles. The van der Waals surface area contributed by atoms with Gasteiger partial charge in [-0.3, -0.25) is 4.79 Å². The molecule has 0 bridgehead atoms. The minimum absolute atomic E-state index is 0.0170. The molecule has 1 saturated heterocycles. The lowest BCUT2D eigenvalue weighted by Gasteiger charge is -2.29. The summed E-state index contributed by atoms with van der Waals surface area (Å²) in [5, 5.41) is 10.8. The van der Waals surface area contributed by atoms with Crippen LogP contribution in [0.25, 0.3) is 5.70 Å². The van der Waals surface area contributed by atoms with Crippen molar-refractivity contribution in [2.75, 3.05) is 13.2 Å². The molecule has 7 N–H and O–H groups in total. The number of hydrazine groups is 1. The predicted octanol–water partition coefficient (Wildman–Crippen LogP) is 1.82. The topological polar surface area (TPSA) is 137 Å². The number of rotatable bonds is 12. The molecule has 0 radical (unpaired) electrons. The summed E-state index contributed by atoms with van der Waals surface area (Å²) in [7, 11) is 0. The van der Waals surface area contributed by atoms with E-state index in [4.69, 9.17) is 26.8 Å². The Balaban J connectivity index is 1.75. The van der Waals surface area contributed by atoms with E-state index in [-0.39, 0.29) is 24.9 Å². The van der Waals surface area contributed by atoms with E-state index < -0.39 is 0 Å². The number of aliphatic hydroxyl groups excluding tert-OH is 1. The molecule has 1 aromatic rings. The maximum atomic E-state index is 10.7. The number of unbranched alkanes of at least 4 members (excludes halogenated alkanes) is 3. The first kappa shape index (κ1) is 23.0. The van der Waals surface area contributed by atoms with Gasteiger partial charge in [-0.2, -0.15) is 0 Å². The van der Waals surface area contributed by atoms with Crippen LogP contribution in [-0.2, 0) is 9.53 Å². The largest absolute Gasteiger partial charge is 0.465 e. The summed E-state index contributed by atoms with van der Waals surface area (Å²) < 4.78 is 11.5. The third kappa shape index (κ3) is 8.72. The molecule has 1 fully saturated rings. The van der Waals surface area contributed by atoms with Gasteiger partial charge in [0.15, 0.2) is 6.29 Å². The van der Waals surface area contributed by atoms with Crippen molar-refractivity contribution >= 4 is 11.6 Å². The number of carbonyl (C=O) groups excluding carboxylic acids is 1. The second-order valence-corrected chi connectivity index (χ2v) is 7.40. The Bertz CT molecular complexity index is 651. The maximum absolute atomic E-state index is 10.7. The second-order valence-electron chi connectivity index (χ2n) is 7.40. The van der Waals surface area contributed by atoms with E-state index in [1.807, 2.05) is 24.3 Å². The van der Waals surface area contributed by atoms with Crippen LogP contribution < -0.4 is 22.0 Å². The average Bonchev–Trinajstić information content (AvgIpc) is 2.71. The van der Waals surface area contributed by atoms with E-state index in [2.05, 4.69) is 0 Å². The summed E-state index contributed by atoms with van der Waals surface area (Å²) in [4.78, 5) is 10.7. The summed E-state index contributed by atoms with van der Waals surface area (Å²) in [5.74, 6) is 6.44. The van der Waals surface area contributed by atoms with Gasteiger partial charge in [-0.15, -0.1) is 0 Å². The molecule has 8 heteroatoms. The highest BCUT2D eigenvalue weighted by molar-refractivity contribution is 5.73. The van der Waals surface area contributed by atoms with Crippen LogP contribution in [0.1, 0.15) is 56.9 Å². The summed E-state index contributed by atoms with van der Waals surface area (Å²) in [6.07, 6.45) is 8.00. The molecule has 8 nitrogen and oxygen atoms in total. The zero-order chi connectivity index (χ0) is 21.1. The summed E-state index contributed by atoms with van der Waals surface area (Å²) >= 11 is 0. The Morgan fingerprint density at radius 2 is 1.90 bits per heavy atom. The van der Waals surface area contributed by atoms with Crippen molar-refractivity contribution in [3.05, 3.63) is 36.0 Å². The summed E-state index contributed by atoms with van der Waals surface area (Å²) in [6.45, 7) is 0.701. The molecule has 2 atom stereocenters. The molecule has 162 valence electrons. The first-order valence-electron chi connectivity index (χ1n) is 10.3. The third-order valence-corrected chi connectivity index (χ3v) is 4.86. The molecule has 1 aliphatic rings. The molecule has 0 spiro atoms. The standard InChI is InChI=1S/C21H34N4O4/c22-19(14-25(24)13-4-2-1-3-7-20(23)27)16-9-11-17(12-10-16)28-21-8-5-6-18(15-26)29-21/h9-12,14,18,21,26H,1-8,13,15,22,24H2,(H2,23,27)/b19-14-/t18?,21-/m0/s1. The number of nitrogens with two attached hydrogens (primary N) is 3. The van der Waals surface area contributed by atoms with Crippen molar-refractivity contribution in [1.82, 2.24) is 5.01 Å². The predicted molar refractivity (Wildman–Crippen MR) is 112 cm³/mol. The van der Waals surface area contributed by atoms with Gasteiger partial charge in [0.1, 0.15) is 5.75 Å². The quantitative estimate of drug-likeness (QED) is 0.236. The van der Waals surface area contributed by atoms with Crippen molar-refractivity contribution in [3.8, 4) is 5.75 Å². The number of aliphatic hydroxyl groups is 1. The number of benzene rings is 1. The van der Waals surface area contributed by atoms with Crippen molar-refractivity contribution in [1.29, 1.82) is 0 Å². The molecular weight excluding hydrogens is 372 g/mol. The zero-order valence-corrected chi connectivity index (χ0v) is 17.0. The van der Waals surface area contributed by atoms with Crippen molar-refractivity contribution < 1.29 is 19.4 Å². The fourth-order valence-electron chi connectivity index (χ4n) is 3.23. The van der Waals surface area contributed by atoms with Crippen LogP contribution in [0.5, 0.6) is 5.75 Å². The molecule has 29 heavy (non-hydrogen) atoms. The van der Waals surface area contributed by atoms with E-state index in [9.17, 15) is 9.90 Å². The maximum Gasteiger partial charge on any atom is 0.217 e. The lowest BCUT2D eigenvalue weighted by Crippen LogP contribution is -2.33. The number of hydrogen-bond acceptors (Lipinski definition) is 7. The molecule has 1 aromatic carbocycles. The summed E-state index contributed by atoms with van der Waals surface area (Å²) in [6, 6.07) is 7.46. The van der Waals surface area contributed by atoms with Crippen LogP contribution in [0, 0.1) is 0 Å². The smallest absolute Gasteiger partial charge is 0.217 e. The number of hydrogen-bond donors (Lipinski definition) is 4. The minimum atomic E-state index is -0.331. The number of nitrogens with zero attached hydrogens (tertiary/aromatic N) is 1. The SMILES string of the molecule is NC(=O)CCCCCCN(N)/C=C(\N)c1ccc(O[C@@H]2CCCC(CO)O2)cc1. The van der Waals surface area contributed by atoms with Gasteiger partial charge in [0.05, 0.1) is 18.4 Å². The van der Waals surface area contributed by atoms with Crippen LogP contribution in [-0.4, -0.2) is 41.6 Å². The lowest BCUT2D eigenvalue weighted by atomic mass is 10.1. The van der Waals surface area contributed by atoms with Gasteiger partial charge in [0.25, 0.3) is 0 Å². The third-order valence-electron chi connectivity index (χ3n) is 4.86. The van der Waals surface area contributed by atoms with Crippen molar-refractivity contribution in [2.45, 2.75) is 63.8 Å². The fraction of sp³-hybridized carbons (Fsp3) is 0.571. The number of ether oxygens (including phenoxy) is 2. The monoisotopic (exact) mass is 406 g/mol. The molecule has 1 aliphatic heterocycles. The number of carbonyl (C=O) groups is 1. The van der Waals surface area contributed by atoms with E-state index in [1.54, 1.807) is 11.2 Å². The normalized spacial score (nSPS) is 19.7. The Morgan fingerprint density at radius 1 is 1.17 bits per heavy atom. The molecule has 1 amide bonds. The lowest BCUT2D eigenvalue weighted by molar-refractivity contribution is -0.158. The zero-order valence-electron chi connectivity index (χ0n) is 17.0. The Morgan fingerprint density at radius 3 is 2.59 bits per heavy atom. The Hall–Kier alpha value is -2.29. The van der Waals surface area contributed by atoms with Crippen LogP contribution in [0.2, 0.25) is 0 Å². The van der Waals surface area contributed by atoms with E-state index in [0.29, 0.717) is 24.4 Å². The second kappa shape index (κ2) is 12.3. The number of amides is 1. The first-order chi connectivity index (χ1) is 14.0. The van der Waals surface area contributed by atoms with Gasteiger partial charge in [-0.1, -0.05) is 12.8 Å². The highest BCUT2D eigenvalue weighted by Gasteiger charge is 2.23. The van der Waals surface area contributed by atoms with Crippen molar-refractivity contribution in [2.24, 2.45) is 17.3 Å². The molecule has 1 unspecified atom stereocenters. The van der Waals surface area contributed by atoms with Crippen LogP contribution in [0.3, 0.4) is 0 Å². The van der Waals surface area contributed by atoms with Crippen LogP contribution in [0.15, 0.2) is 30.5 Å². The fourth-order valence-corrected chi connectivity index (χ4v) is 3.23. The minimum Gasteiger partial charge on any atom is -0.465 e. The Kier molecular flexibility index (Phi) is 9.76. The highest BCUT2D eigenvalue weighted by atomic mass is 16.7. The van der Waals surface area contributed by atoms with Gasteiger partial charge in [0, 0.05) is 25.6 Å². The van der Waals surface area contributed by atoms with Crippen LogP contribution >= 0.6 is 0 Å². The van der Waals surface area contributed by atoms with E-state index in [1.165, 1.54) is 0 Å². The molecular formula is C21H34N4O4. The molecule has 2 rings (SSSR count). The van der Waals surface area contributed by atoms with Gasteiger partial charge in [0.2, 0.25) is 5.91 Å². The van der Waals surface area contributed by atoms with Gasteiger partial charge < -0.3 is 31.1 Å². The van der Waals surface area contributed by atoms with E-state index >= 15 is 0 Å².